The minimum atomic E-state index is 0.650. The first-order chi connectivity index (χ1) is 7.16. The molecular formula is C9H9BrN4S. The van der Waals surface area contributed by atoms with Crippen molar-refractivity contribution in [3.63, 3.8) is 0 Å². The predicted octanol–water partition coefficient (Wildman–Crippen LogP) is 2.31. The Morgan fingerprint density at radius 1 is 1.47 bits per heavy atom. The Morgan fingerprint density at radius 3 is 2.87 bits per heavy atom. The minimum absolute atomic E-state index is 0.650. The Morgan fingerprint density at radius 2 is 2.27 bits per heavy atom. The summed E-state index contributed by atoms with van der Waals surface area (Å²) in [5, 5.41) is 1.64. The van der Waals surface area contributed by atoms with E-state index >= 15 is 0 Å². The average molecular weight is 285 g/mol. The molecule has 0 aliphatic carbocycles. The van der Waals surface area contributed by atoms with Gasteiger partial charge in [0.2, 0.25) is 0 Å². The Hall–Kier alpha value is -1.01. The monoisotopic (exact) mass is 284 g/mol. The molecule has 0 radical (unpaired) electrons. The van der Waals surface area contributed by atoms with Crippen molar-refractivity contribution in [1.82, 2.24) is 14.5 Å². The molecule has 0 saturated heterocycles. The van der Waals surface area contributed by atoms with Crippen LogP contribution in [0.15, 0.2) is 39.3 Å². The summed E-state index contributed by atoms with van der Waals surface area (Å²) in [5.41, 5.74) is 6.49. The number of aromatic nitrogens is 3. The van der Waals surface area contributed by atoms with Crippen LogP contribution in [0.1, 0.15) is 0 Å². The van der Waals surface area contributed by atoms with E-state index in [2.05, 4.69) is 25.9 Å². The lowest BCUT2D eigenvalue weighted by Gasteiger charge is -2.04. The van der Waals surface area contributed by atoms with E-state index in [1.807, 2.05) is 23.9 Å². The van der Waals surface area contributed by atoms with Gasteiger partial charge in [0, 0.05) is 30.1 Å². The van der Waals surface area contributed by atoms with Crippen molar-refractivity contribution in [2.24, 2.45) is 7.05 Å². The number of hydrogen-bond acceptors (Lipinski definition) is 4. The minimum Gasteiger partial charge on any atom is -0.396 e. The van der Waals surface area contributed by atoms with Crippen molar-refractivity contribution in [3.8, 4) is 0 Å². The molecule has 0 bridgehead atoms. The van der Waals surface area contributed by atoms with Gasteiger partial charge in [-0.2, -0.15) is 0 Å². The van der Waals surface area contributed by atoms with Crippen LogP contribution in [0.3, 0.4) is 0 Å². The third-order valence-corrected chi connectivity index (χ3v) is 3.35. The molecule has 0 amide bonds. The third-order valence-electron chi connectivity index (χ3n) is 1.81. The van der Waals surface area contributed by atoms with Gasteiger partial charge in [0.05, 0.1) is 5.69 Å². The Kier molecular flexibility index (Phi) is 2.97. The molecule has 0 atom stereocenters. The Labute approximate surface area is 100 Å². The third kappa shape index (κ3) is 2.32. The number of nitrogens with two attached hydrogens (primary N) is 1. The fraction of sp³-hybridized carbons (Fsp3) is 0.111. The molecule has 2 aromatic heterocycles. The second kappa shape index (κ2) is 4.24. The summed E-state index contributed by atoms with van der Waals surface area (Å²) >= 11 is 4.77. The standard InChI is InChI=1S/C9H9BrN4S/c1-14-3-2-12-9(14)15-8-7(11)4-6(10)5-13-8/h2-5H,11H2,1H3. The first-order valence-electron chi connectivity index (χ1n) is 4.23. The lowest BCUT2D eigenvalue weighted by atomic mass is 10.4. The number of aryl methyl sites for hydroxylation is 1. The topological polar surface area (TPSA) is 56.7 Å². The van der Waals surface area contributed by atoms with Crippen molar-refractivity contribution in [3.05, 3.63) is 29.1 Å². The lowest BCUT2D eigenvalue weighted by molar-refractivity contribution is 0.789. The lowest BCUT2D eigenvalue weighted by Crippen LogP contribution is -1.94. The normalized spacial score (nSPS) is 10.5. The highest BCUT2D eigenvalue weighted by atomic mass is 79.9. The maximum atomic E-state index is 5.84. The number of halogens is 1. The van der Waals surface area contributed by atoms with Gasteiger partial charge in [-0.05, 0) is 33.8 Å². The first-order valence-corrected chi connectivity index (χ1v) is 5.84. The Balaban J connectivity index is 2.29. The van der Waals surface area contributed by atoms with Crippen LogP contribution in [0.25, 0.3) is 0 Å². The van der Waals surface area contributed by atoms with E-state index in [4.69, 9.17) is 5.73 Å². The highest BCUT2D eigenvalue weighted by Crippen LogP contribution is 2.29. The number of imidazole rings is 1. The molecule has 0 unspecified atom stereocenters. The average Bonchev–Trinajstić information content (AvgIpc) is 2.57. The van der Waals surface area contributed by atoms with Crippen molar-refractivity contribution >= 4 is 33.4 Å². The van der Waals surface area contributed by atoms with E-state index in [0.717, 1.165) is 14.7 Å². The summed E-state index contributed by atoms with van der Waals surface area (Å²) in [5.74, 6) is 0. The molecule has 0 aliphatic rings. The highest BCUT2D eigenvalue weighted by molar-refractivity contribution is 9.10. The molecule has 0 aliphatic heterocycles. The van der Waals surface area contributed by atoms with E-state index in [0.29, 0.717) is 5.69 Å². The molecule has 0 spiro atoms. The number of rotatable bonds is 2. The fourth-order valence-corrected chi connectivity index (χ4v) is 2.19. The molecule has 2 aromatic rings. The molecule has 0 aromatic carbocycles. The summed E-state index contributed by atoms with van der Waals surface area (Å²) in [6.45, 7) is 0. The van der Waals surface area contributed by atoms with Crippen molar-refractivity contribution < 1.29 is 0 Å². The summed E-state index contributed by atoms with van der Waals surface area (Å²) in [6, 6.07) is 1.83. The number of pyridine rings is 1. The molecule has 2 N–H and O–H groups in total. The zero-order valence-corrected chi connectivity index (χ0v) is 10.4. The molecule has 2 heterocycles. The SMILES string of the molecule is Cn1ccnc1Sc1ncc(Br)cc1N. The first kappa shape index (κ1) is 10.5. The molecule has 4 nitrogen and oxygen atoms in total. The molecule has 6 heteroatoms. The maximum Gasteiger partial charge on any atom is 0.174 e. The zero-order valence-electron chi connectivity index (χ0n) is 8.01. The molecule has 0 fully saturated rings. The van der Waals surface area contributed by atoms with Crippen LogP contribution in [-0.2, 0) is 7.05 Å². The predicted molar refractivity (Wildman–Crippen MR) is 63.7 cm³/mol. The van der Waals surface area contributed by atoms with Gasteiger partial charge < -0.3 is 10.3 Å². The summed E-state index contributed by atoms with van der Waals surface area (Å²) in [6.07, 6.45) is 5.36. The smallest absolute Gasteiger partial charge is 0.174 e. The van der Waals surface area contributed by atoms with Gasteiger partial charge in [-0.15, -0.1) is 0 Å². The van der Waals surface area contributed by atoms with Crippen molar-refractivity contribution in [2.75, 3.05) is 5.73 Å². The van der Waals surface area contributed by atoms with Crippen LogP contribution in [0.2, 0.25) is 0 Å². The molecular weight excluding hydrogens is 276 g/mol. The number of nitrogen functional groups attached to an aromatic ring is 1. The maximum absolute atomic E-state index is 5.84. The molecule has 2 rings (SSSR count). The molecule has 15 heavy (non-hydrogen) atoms. The second-order valence-electron chi connectivity index (χ2n) is 2.97. The van der Waals surface area contributed by atoms with Crippen molar-refractivity contribution in [1.29, 1.82) is 0 Å². The highest BCUT2D eigenvalue weighted by Gasteiger charge is 2.07. The fourth-order valence-electron chi connectivity index (χ4n) is 1.06. The van der Waals surface area contributed by atoms with Gasteiger partial charge in [0.1, 0.15) is 5.03 Å². The molecule has 78 valence electrons. The van der Waals surface area contributed by atoms with Crippen LogP contribution in [0.4, 0.5) is 5.69 Å². The van der Waals surface area contributed by atoms with Crippen LogP contribution in [0.5, 0.6) is 0 Å². The summed E-state index contributed by atoms with van der Waals surface area (Å²) in [4.78, 5) is 8.42. The number of anilines is 1. The van der Waals surface area contributed by atoms with E-state index in [1.165, 1.54) is 11.8 Å². The van der Waals surface area contributed by atoms with Gasteiger partial charge in [0.15, 0.2) is 5.16 Å². The van der Waals surface area contributed by atoms with E-state index in [1.54, 1.807) is 12.4 Å². The second-order valence-corrected chi connectivity index (χ2v) is 4.84. The van der Waals surface area contributed by atoms with Gasteiger partial charge >= 0.3 is 0 Å². The van der Waals surface area contributed by atoms with Crippen LogP contribution in [0, 0.1) is 0 Å². The Bertz CT molecular complexity index is 483. The van der Waals surface area contributed by atoms with Crippen LogP contribution >= 0.6 is 27.7 Å². The molecule has 0 saturated carbocycles. The van der Waals surface area contributed by atoms with E-state index in [9.17, 15) is 0 Å². The van der Waals surface area contributed by atoms with E-state index in [-0.39, 0.29) is 0 Å². The van der Waals surface area contributed by atoms with Gasteiger partial charge in [0.25, 0.3) is 0 Å². The van der Waals surface area contributed by atoms with Crippen LogP contribution in [-0.4, -0.2) is 14.5 Å². The summed E-state index contributed by atoms with van der Waals surface area (Å²) < 4.78 is 2.80. The van der Waals surface area contributed by atoms with Crippen molar-refractivity contribution in [2.45, 2.75) is 10.2 Å². The number of hydrogen-bond donors (Lipinski definition) is 1. The van der Waals surface area contributed by atoms with Gasteiger partial charge in [-0.25, -0.2) is 9.97 Å². The van der Waals surface area contributed by atoms with Gasteiger partial charge in [-0.3, -0.25) is 0 Å². The van der Waals surface area contributed by atoms with Gasteiger partial charge in [-0.1, -0.05) is 0 Å². The van der Waals surface area contributed by atoms with Crippen LogP contribution < -0.4 is 5.73 Å². The quantitative estimate of drug-likeness (QED) is 0.920. The largest absolute Gasteiger partial charge is 0.396 e. The summed E-state index contributed by atoms with van der Waals surface area (Å²) in [7, 11) is 1.93. The van der Waals surface area contributed by atoms with E-state index < -0.39 is 0 Å². The number of nitrogens with zero attached hydrogens (tertiary/aromatic N) is 3. The zero-order chi connectivity index (χ0) is 10.8.